The van der Waals surface area contributed by atoms with Crippen molar-refractivity contribution in [1.82, 2.24) is 5.32 Å². The van der Waals surface area contributed by atoms with E-state index in [1.807, 2.05) is 0 Å². The molecule has 0 aromatic heterocycles. The van der Waals surface area contributed by atoms with Gasteiger partial charge in [0.25, 0.3) is 0 Å². The molecule has 0 saturated heterocycles. The third kappa shape index (κ3) is 7.08. The van der Waals surface area contributed by atoms with Crippen molar-refractivity contribution in [3.63, 3.8) is 0 Å². The standard InChI is InChI=1S/C18H29N3O.HI/c1-2-3-12-20-18(19)21-13-7-14-22-17-11-6-9-15-8-4-5-10-16(15)17;/h4-5,8,10,17H,2-3,6-7,9,11-14H2,1H3,(H3,19,20,21);1H. The summed E-state index contributed by atoms with van der Waals surface area (Å²) in [7, 11) is 0. The van der Waals surface area contributed by atoms with Crippen LogP contribution in [-0.2, 0) is 11.2 Å². The summed E-state index contributed by atoms with van der Waals surface area (Å²) in [6.45, 7) is 4.53. The van der Waals surface area contributed by atoms with E-state index in [9.17, 15) is 0 Å². The number of hydrogen-bond acceptors (Lipinski definition) is 2. The van der Waals surface area contributed by atoms with Crippen LogP contribution in [0.3, 0.4) is 0 Å². The molecule has 0 aliphatic heterocycles. The van der Waals surface area contributed by atoms with Crippen LogP contribution in [-0.4, -0.2) is 25.7 Å². The van der Waals surface area contributed by atoms with Crippen molar-refractivity contribution < 1.29 is 4.74 Å². The minimum absolute atomic E-state index is 0. The lowest BCUT2D eigenvalue weighted by atomic mass is 9.89. The van der Waals surface area contributed by atoms with Crippen LogP contribution in [0, 0.1) is 0 Å². The highest BCUT2D eigenvalue weighted by Gasteiger charge is 2.19. The maximum atomic E-state index is 6.06. The summed E-state index contributed by atoms with van der Waals surface area (Å²) >= 11 is 0. The van der Waals surface area contributed by atoms with Crippen molar-refractivity contribution in [3.8, 4) is 0 Å². The van der Waals surface area contributed by atoms with Gasteiger partial charge in [-0.25, -0.2) is 0 Å². The molecular weight excluding hydrogens is 401 g/mol. The van der Waals surface area contributed by atoms with Crippen LogP contribution in [0.5, 0.6) is 0 Å². The largest absolute Gasteiger partial charge is 0.373 e. The molecule has 0 saturated carbocycles. The van der Waals surface area contributed by atoms with E-state index in [-0.39, 0.29) is 30.1 Å². The van der Waals surface area contributed by atoms with Gasteiger partial charge < -0.3 is 15.8 Å². The molecule has 1 aromatic rings. The van der Waals surface area contributed by atoms with Crippen molar-refractivity contribution in [2.75, 3.05) is 19.7 Å². The number of fused-ring (bicyclic) bond motifs is 1. The fourth-order valence-electron chi connectivity index (χ4n) is 2.82. The summed E-state index contributed by atoms with van der Waals surface area (Å²) in [6, 6.07) is 8.64. The van der Waals surface area contributed by atoms with E-state index >= 15 is 0 Å². The number of nitrogens with one attached hydrogen (secondary N) is 1. The van der Waals surface area contributed by atoms with E-state index < -0.39 is 0 Å². The minimum Gasteiger partial charge on any atom is -0.373 e. The molecule has 4 nitrogen and oxygen atoms in total. The number of ether oxygens (including phenoxy) is 1. The van der Waals surface area contributed by atoms with Gasteiger partial charge in [-0.2, -0.15) is 0 Å². The number of unbranched alkanes of at least 4 members (excludes halogenated alkanes) is 1. The van der Waals surface area contributed by atoms with Crippen LogP contribution in [0.4, 0.5) is 0 Å². The van der Waals surface area contributed by atoms with E-state index in [0.29, 0.717) is 5.96 Å². The number of halogens is 1. The molecule has 23 heavy (non-hydrogen) atoms. The molecule has 0 spiro atoms. The lowest BCUT2D eigenvalue weighted by molar-refractivity contribution is 0.0403. The molecule has 130 valence electrons. The second-order valence-electron chi connectivity index (χ2n) is 5.85. The van der Waals surface area contributed by atoms with Crippen molar-refractivity contribution in [2.24, 2.45) is 10.7 Å². The van der Waals surface area contributed by atoms with E-state index in [2.05, 4.69) is 41.5 Å². The van der Waals surface area contributed by atoms with Gasteiger partial charge in [-0.05, 0) is 43.2 Å². The van der Waals surface area contributed by atoms with Crippen LogP contribution in [0.25, 0.3) is 0 Å². The number of rotatable bonds is 8. The Morgan fingerprint density at radius 1 is 1.35 bits per heavy atom. The average molecular weight is 431 g/mol. The summed E-state index contributed by atoms with van der Waals surface area (Å²) < 4.78 is 6.06. The lowest BCUT2D eigenvalue weighted by Crippen LogP contribution is -2.32. The molecule has 5 heteroatoms. The third-order valence-electron chi connectivity index (χ3n) is 4.05. The minimum atomic E-state index is 0. The first kappa shape index (κ1) is 20.2. The zero-order valence-corrected chi connectivity index (χ0v) is 16.4. The van der Waals surface area contributed by atoms with Crippen molar-refractivity contribution >= 4 is 29.9 Å². The highest BCUT2D eigenvalue weighted by Crippen LogP contribution is 2.32. The normalized spacial score (nSPS) is 17.3. The summed E-state index contributed by atoms with van der Waals surface area (Å²) in [5.41, 5.74) is 8.62. The number of aliphatic imine (C=N–C) groups is 1. The highest BCUT2D eigenvalue weighted by atomic mass is 127. The summed E-state index contributed by atoms with van der Waals surface area (Å²) in [4.78, 5) is 4.33. The van der Waals surface area contributed by atoms with Crippen molar-refractivity contribution in [3.05, 3.63) is 35.4 Å². The van der Waals surface area contributed by atoms with Crippen LogP contribution < -0.4 is 11.1 Å². The van der Waals surface area contributed by atoms with Gasteiger partial charge in [0.1, 0.15) is 0 Å². The predicted molar refractivity (Wildman–Crippen MR) is 108 cm³/mol. The summed E-state index contributed by atoms with van der Waals surface area (Å²) in [5.74, 6) is 0.552. The monoisotopic (exact) mass is 431 g/mol. The zero-order valence-electron chi connectivity index (χ0n) is 14.1. The van der Waals surface area contributed by atoms with Gasteiger partial charge in [0.2, 0.25) is 0 Å². The van der Waals surface area contributed by atoms with Gasteiger partial charge >= 0.3 is 0 Å². The smallest absolute Gasteiger partial charge is 0.188 e. The molecule has 0 radical (unpaired) electrons. The van der Waals surface area contributed by atoms with Gasteiger partial charge in [0, 0.05) is 19.7 Å². The summed E-state index contributed by atoms with van der Waals surface area (Å²) in [6.07, 6.45) is 6.98. The van der Waals surface area contributed by atoms with Crippen LogP contribution >= 0.6 is 24.0 Å². The van der Waals surface area contributed by atoms with Crippen molar-refractivity contribution in [2.45, 2.75) is 51.6 Å². The van der Waals surface area contributed by atoms with Crippen LogP contribution in [0.15, 0.2) is 29.3 Å². The molecule has 0 amide bonds. The molecule has 1 aliphatic rings. The molecule has 1 atom stereocenters. The topological polar surface area (TPSA) is 59.6 Å². The third-order valence-corrected chi connectivity index (χ3v) is 4.05. The number of hydrogen-bond donors (Lipinski definition) is 2. The van der Waals surface area contributed by atoms with Crippen molar-refractivity contribution in [1.29, 1.82) is 0 Å². The Morgan fingerprint density at radius 3 is 3.00 bits per heavy atom. The number of benzene rings is 1. The Bertz CT molecular complexity index is 479. The quantitative estimate of drug-likeness (QED) is 0.285. The number of nitrogens with zero attached hydrogens (tertiary/aromatic N) is 1. The van der Waals surface area contributed by atoms with Gasteiger partial charge in [-0.15, -0.1) is 24.0 Å². The molecule has 0 heterocycles. The first-order chi connectivity index (χ1) is 10.8. The van der Waals surface area contributed by atoms with Gasteiger partial charge in [0.15, 0.2) is 5.96 Å². The average Bonchev–Trinajstić information content (AvgIpc) is 2.55. The predicted octanol–water partition coefficient (Wildman–Crippen LogP) is 3.79. The SMILES string of the molecule is CCCCNC(N)=NCCCOC1CCCc2ccccc21.I. The van der Waals surface area contributed by atoms with Gasteiger partial charge in [-0.3, -0.25) is 4.99 Å². The Balaban J connectivity index is 0.00000264. The molecule has 1 aliphatic carbocycles. The van der Waals surface area contributed by atoms with Crippen LogP contribution in [0.2, 0.25) is 0 Å². The fraction of sp³-hybridized carbons (Fsp3) is 0.611. The molecule has 0 fully saturated rings. The highest BCUT2D eigenvalue weighted by molar-refractivity contribution is 14.0. The number of guanidine groups is 1. The second-order valence-corrected chi connectivity index (χ2v) is 5.85. The Labute approximate surface area is 157 Å². The molecule has 1 unspecified atom stereocenters. The Morgan fingerprint density at radius 2 is 2.17 bits per heavy atom. The van der Waals surface area contributed by atoms with E-state index in [1.54, 1.807) is 0 Å². The van der Waals surface area contributed by atoms with Gasteiger partial charge in [0.05, 0.1) is 6.10 Å². The molecule has 3 N–H and O–H groups in total. The first-order valence-electron chi connectivity index (χ1n) is 8.54. The van der Waals surface area contributed by atoms with E-state index in [1.165, 1.54) is 24.0 Å². The fourth-order valence-corrected chi connectivity index (χ4v) is 2.82. The lowest BCUT2D eigenvalue weighted by Gasteiger charge is -2.25. The Kier molecular flexibility index (Phi) is 10.3. The first-order valence-corrected chi connectivity index (χ1v) is 8.54. The summed E-state index contributed by atoms with van der Waals surface area (Å²) in [5, 5.41) is 3.12. The molecule has 2 rings (SSSR count). The molecule has 1 aromatic carbocycles. The van der Waals surface area contributed by atoms with E-state index in [4.69, 9.17) is 10.5 Å². The second kappa shape index (κ2) is 11.7. The molecular formula is C18H30IN3O. The number of aryl methyl sites for hydroxylation is 1. The molecule has 0 bridgehead atoms. The Hall–Kier alpha value is -0.820. The number of nitrogens with two attached hydrogens (primary N) is 1. The van der Waals surface area contributed by atoms with Gasteiger partial charge in [-0.1, -0.05) is 37.6 Å². The van der Waals surface area contributed by atoms with E-state index in [0.717, 1.165) is 45.4 Å². The maximum absolute atomic E-state index is 6.06. The maximum Gasteiger partial charge on any atom is 0.188 e. The van der Waals surface area contributed by atoms with Crippen LogP contribution in [0.1, 0.15) is 56.3 Å². The zero-order chi connectivity index (χ0) is 15.6.